The van der Waals surface area contributed by atoms with Crippen molar-refractivity contribution < 1.29 is 19.1 Å². The number of ether oxygens (including phenoxy) is 1. The zero-order valence-corrected chi connectivity index (χ0v) is 14.5. The summed E-state index contributed by atoms with van der Waals surface area (Å²) in [6.07, 6.45) is 0. The van der Waals surface area contributed by atoms with E-state index in [2.05, 4.69) is 10.6 Å². The Kier molecular flexibility index (Phi) is 4.88. The number of carbonyl (C=O) groups is 3. The molecule has 1 heterocycles. The normalized spacial score (nSPS) is 12.8. The Balaban J connectivity index is 1.72. The van der Waals surface area contributed by atoms with Crippen molar-refractivity contribution in [3.05, 3.63) is 48.0 Å². The number of anilines is 3. The lowest BCUT2D eigenvalue weighted by Crippen LogP contribution is -2.43. The van der Waals surface area contributed by atoms with Gasteiger partial charge < -0.3 is 15.4 Å². The molecule has 2 N–H and O–H groups in total. The Morgan fingerprint density at radius 1 is 1.12 bits per heavy atom. The predicted octanol–water partition coefficient (Wildman–Crippen LogP) is 2.32. The minimum atomic E-state index is -0.341. The molecular formula is C19H19N3O4. The monoisotopic (exact) mass is 353 g/mol. The standard InChI is InChI=1S/C19H19N3O4/c1-12-6-7-16-17(8-12)26-11-19(25)22(16)10-18(24)21-15-5-3-4-14(9-15)20-13(2)23/h3-9H,10-11H2,1-2H3,(H,20,23)(H,21,24). The van der Waals surface area contributed by atoms with Gasteiger partial charge in [0, 0.05) is 18.3 Å². The van der Waals surface area contributed by atoms with Crippen LogP contribution in [0.3, 0.4) is 0 Å². The molecule has 0 spiro atoms. The summed E-state index contributed by atoms with van der Waals surface area (Å²) >= 11 is 0. The molecule has 0 saturated carbocycles. The fourth-order valence-electron chi connectivity index (χ4n) is 2.71. The first kappa shape index (κ1) is 17.5. The van der Waals surface area contributed by atoms with E-state index in [1.165, 1.54) is 11.8 Å². The molecule has 134 valence electrons. The van der Waals surface area contributed by atoms with Gasteiger partial charge in [0.15, 0.2) is 6.61 Å². The second kappa shape index (κ2) is 7.26. The van der Waals surface area contributed by atoms with Crippen LogP contribution in [0.4, 0.5) is 17.1 Å². The first-order valence-corrected chi connectivity index (χ1v) is 8.14. The first-order valence-electron chi connectivity index (χ1n) is 8.14. The number of hydrogen-bond donors (Lipinski definition) is 2. The van der Waals surface area contributed by atoms with E-state index in [1.54, 1.807) is 30.3 Å². The number of carbonyl (C=O) groups excluding carboxylic acids is 3. The van der Waals surface area contributed by atoms with Crippen LogP contribution in [-0.2, 0) is 14.4 Å². The van der Waals surface area contributed by atoms with E-state index >= 15 is 0 Å². The molecule has 26 heavy (non-hydrogen) atoms. The molecule has 0 unspecified atom stereocenters. The number of hydrogen-bond acceptors (Lipinski definition) is 4. The fraction of sp³-hybridized carbons (Fsp3) is 0.211. The highest BCUT2D eigenvalue weighted by Crippen LogP contribution is 2.32. The van der Waals surface area contributed by atoms with Crippen molar-refractivity contribution in [3.63, 3.8) is 0 Å². The summed E-state index contributed by atoms with van der Waals surface area (Å²) in [7, 11) is 0. The highest BCUT2D eigenvalue weighted by Gasteiger charge is 2.27. The number of aryl methyl sites for hydroxylation is 1. The number of nitrogens with one attached hydrogen (secondary N) is 2. The quantitative estimate of drug-likeness (QED) is 0.883. The van der Waals surface area contributed by atoms with Crippen LogP contribution in [0.5, 0.6) is 5.75 Å². The predicted molar refractivity (Wildman–Crippen MR) is 98.4 cm³/mol. The van der Waals surface area contributed by atoms with Crippen molar-refractivity contribution in [1.29, 1.82) is 0 Å². The second-order valence-corrected chi connectivity index (χ2v) is 6.05. The molecule has 7 heteroatoms. The third-order valence-corrected chi connectivity index (χ3v) is 3.83. The lowest BCUT2D eigenvalue weighted by molar-refractivity contribution is -0.123. The molecule has 0 aromatic heterocycles. The van der Waals surface area contributed by atoms with E-state index in [9.17, 15) is 14.4 Å². The average Bonchev–Trinajstić information content (AvgIpc) is 2.57. The van der Waals surface area contributed by atoms with Crippen LogP contribution in [-0.4, -0.2) is 30.9 Å². The molecule has 0 bridgehead atoms. The number of fused-ring (bicyclic) bond motifs is 1. The van der Waals surface area contributed by atoms with Gasteiger partial charge in [-0.3, -0.25) is 19.3 Å². The summed E-state index contributed by atoms with van der Waals surface area (Å²) in [5, 5.41) is 5.39. The molecule has 1 aliphatic rings. The van der Waals surface area contributed by atoms with Crippen molar-refractivity contribution in [2.45, 2.75) is 13.8 Å². The van der Waals surface area contributed by atoms with Gasteiger partial charge in [0.25, 0.3) is 5.91 Å². The third kappa shape index (κ3) is 4.00. The molecule has 7 nitrogen and oxygen atoms in total. The van der Waals surface area contributed by atoms with Crippen LogP contribution in [0.25, 0.3) is 0 Å². The molecule has 0 saturated heterocycles. The molecule has 0 atom stereocenters. The van der Waals surface area contributed by atoms with Gasteiger partial charge in [0.05, 0.1) is 5.69 Å². The van der Waals surface area contributed by atoms with Gasteiger partial charge >= 0.3 is 0 Å². The molecule has 1 aliphatic heterocycles. The molecule has 3 rings (SSSR count). The van der Waals surface area contributed by atoms with E-state index in [-0.39, 0.29) is 30.9 Å². The Labute approximate surface area is 150 Å². The van der Waals surface area contributed by atoms with Crippen molar-refractivity contribution in [1.82, 2.24) is 0 Å². The van der Waals surface area contributed by atoms with Crippen molar-refractivity contribution in [2.24, 2.45) is 0 Å². The summed E-state index contributed by atoms with van der Waals surface area (Å²) in [5.41, 5.74) is 2.70. The number of benzene rings is 2. The maximum absolute atomic E-state index is 12.4. The van der Waals surface area contributed by atoms with Gasteiger partial charge in [-0.25, -0.2) is 0 Å². The zero-order valence-electron chi connectivity index (χ0n) is 14.5. The van der Waals surface area contributed by atoms with Gasteiger partial charge in [0.1, 0.15) is 12.3 Å². The number of nitrogens with zero attached hydrogens (tertiary/aromatic N) is 1. The molecule has 3 amide bonds. The SMILES string of the molecule is CC(=O)Nc1cccc(NC(=O)CN2C(=O)COc3cc(C)ccc32)c1. The van der Waals surface area contributed by atoms with E-state index in [1.807, 2.05) is 19.1 Å². The van der Waals surface area contributed by atoms with Crippen LogP contribution in [0.15, 0.2) is 42.5 Å². The highest BCUT2D eigenvalue weighted by molar-refractivity contribution is 6.05. The van der Waals surface area contributed by atoms with E-state index < -0.39 is 0 Å². The largest absolute Gasteiger partial charge is 0.482 e. The van der Waals surface area contributed by atoms with Crippen LogP contribution >= 0.6 is 0 Å². The van der Waals surface area contributed by atoms with Crippen LogP contribution in [0.1, 0.15) is 12.5 Å². The van der Waals surface area contributed by atoms with Gasteiger partial charge in [-0.05, 0) is 42.8 Å². The maximum atomic E-state index is 12.4. The topological polar surface area (TPSA) is 87.7 Å². The summed E-state index contributed by atoms with van der Waals surface area (Å²) < 4.78 is 5.44. The van der Waals surface area contributed by atoms with Crippen LogP contribution in [0, 0.1) is 6.92 Å². The molecule has 0 aliphatic carbocycles. The Hall–Kier alpha value is -3.35. The minimum Gasteiger partial charge on any atom is -0.482 e. The van der Waals surface area contributed by atoms with Gasteiger partial charge in [-0.2, -0.15) is 0 Å². The molecule has 0 fully saturated rings. The van der Waals surface area contributed by atoms with Crippen LogP contribution < -0.4 is 20.3 Å². The maximum Gasteiger partial charge on any atom is 0.265 e. The van der Waals surface area contributed by atoms with E-state index in [0.717, 1.165) is 5.56 Å². The van der Waals surface area contributed by atoms with E-state index in [0.29, 0.717) is 22.8 Å². The molecule has 2 aromatic carbocycles. The van der Waals surface area contributed by atoms with Crippen molar-refractivity contribution >= 4 is 34.8 Å². The van der Waals surface area contributed by atoms with Crippen LogP contribution in [0.2, 0.25) is 0 Å². The lowest BCUT2D eigenvalue weighted by atomic mass is 10.1. The zero-order chi connectivity index (χ0) is 18.7. The minimum absolute atomic E-state index is 0.0955. The lowest BCUT2D eigenvalue weighted by Gasteiger charge is -2.29. The summed E-state index contributed by atoms with van der Waals surface area (Å²) in [5.74, 6) is -0.223. The third-order valence-electron chi connectivity index (χ3n) is 3.83. The average molecular weight is 353 g/mol. The van der Waals surface area contributed by atoms with E-state index in [4.69, 9.17) is 4.74 Å². The smallest absolute Gasteiger partial charge is 0.265 e. The Morgan fingerprint density at radius 3 is 2.58 bits per heavy atom. The molecule has 0 radical (unpaired) electrons. The fourth-order valence-corrected chi connectivity index (χ4v) is 2.71. The molecular weight excluding hydrogens is 334 g/mol. The van der Waals surface area contributed by atoms with Crippen molar-refractivity contribution in [2.75, 3.05) is 28.7 Å². The Bertz CT molecular complexity index is 879. The molecule has 2 aromatic rings. The first-order chi connectivity index (χ1) is 12.4. The highest BCUT2D eigenvalue weighted by atomic mass is 16.5. The van der Waals surface area contributed by atoms with Gasteiger partial charge in [-0.1, -0.05) is 12.1 Å². The summed E-state index contributed by atoms with van der Waals surface area (Å²) in [6.45, 7) is 3.12. The van der Waals surface area contributed by atoms with Crippen molar-refractivity contribution in [3.8, 4) is 5.75 Å². The summed E-state index contributed by atoms with van der Waals surface area (Å²) in [6, 6.07) is 12.3. The van der Waals surface area contributed by atoms with Gasteiger partial charge in [0.2, 0.25) is 11.8 Å². The summed E-state index contributed by atoms with van der Waals surface area (Å²) in [4.78, 5) is 37.1. The van der Waals surface area contributed by atoms with Gasteiger partial charge in [-0.15, -0.1) is 0 Å². The second-order valence-electron chi connectivity index (χ2n) is 6.05. The number of rotatable bonds is 4. The Morgan fingerprint density at radius 2 is 1.85 bits per heavy atom. The number of amides is 3.